The van der Waals surface area contributed by atoms with E-state index in [2.05, 4.69) is 10.1 Å². The van der Waals surface area contributed by atoms with Gasteiger partial charge in [-0.3, -0.25) is 0 Å². The van der Waals surface area contributed by atoms with Gasteiger partial charge in [0.15, 0.2) is 17.4 Å². The Kier molecular flexibility index (Phi) is 3.86. The van der Waals surface area contributed by atoms with Crippen LogP contribution in [0.1, 0.15) is 26.3 Å². The maximum absolute atomic E-state index is 13.7. The smallest absolute Gasteiger partial charge is 0.190 e. The van der Waals surface area contributed by atoms with Crippen LogP contribution >= 0.6 is 0 Å². The Hall–Kier alpha value is -1.16. The van der Waals surface area contributed by atoms with Crippen LogP contribution in [-0.2, 0) is 6.54 Å². The van der Waals surface area contributed by atoms with Crippen molar-refractivity contribution in [3.8, 4) is 5.75 Å². The van der Waals surface area contributed by atoms with Gasteiger partial charge in [0.05, 0.1) is 7.11 Å². The molecule has 16 heavy (non-hydrogen) atoms. The molecule has 4 heteroatoms. The molecule has 0 saturated carbocycles. The zero-order valence-electron chi connectivity index (χ0n) is 10.0. The zero-order valence-corrected chi connectivity index (χ0v) is 10.0. The van der Waals surface area contributed by atoms with Crippen molar-refractivity contribution in [2.24, 2.45) is 0 Å². The van der Waals surface area contributed by atoms with Crippen LogP contribution in [0.2, 0.25) is 0 Å². The number of hydrogen-bond acceptors (Lipinski definition) is 2. The second kappa shape index (κ2) is 4.78. The van der Waals surface area contributed by atoms with Crippen LogP contribution in [0.15, 0.2) is 12.1 Å². The molecule has 0 radical (unpaired) electrons. The molecule has 1 N–H and O–H groups in total. The molecule has 0 aliphatic heterocycles. The van der Waals surface area contributed by atoms with E-state index in [1.54, 1.807) is 0 Å². The van der Waals surface area contributed by atoms with E-state index >= 15 is 0 Å². The second-order valence-electron chi connectivity index (χ2n) is 4.66. The van der Waals surface area contributed by atoms with Gasteiger partial charge in [0.25, 0.3) is 0 Å². The summed E-state index contributed by atoms with van der Waals surface area (Å²) in [6.07, 6.45) is 0. The number of nitrogens with one attached hydrogen (secondary N) is 1. The summed E-state index contributed by atoms with van der Waals surface area (Å²) < 4.78 is 31.5. The SMILES string of the molecule is COc1c(F)ccc(CNC(C)(C)C)c1F. The predicted molar refractivity (Wildman–Crippen MR) is 59.5 cm³/mol. The van der Waals surface area contributed by atoms with Crippen molar-refractivity contribution in [2.75, 3.05) is 7.11 Å². The van der Waals surface area contributed by atoms with Gasteiger partial charge in [0.1, 0.15) is 0 Å². The summed E-state index contributed by atoms with van der Waals surface area (Å²) in [6.45, 7) is 6.27. The summed E-state index contributed by atoms with van der Waals surface area (Å²) in [6, 6.07) is 2.63. The van der Waals surface area contributed by atoms with E-state index in [0.29, 0.717) is 12.1 Å². The van der Waals surface area contributed by atoms with Gasteiger partial charge in [-0.05, 0) is 26.8 Å². The number of methoxy groups -OCH3 is 1. The zero-order chi connectivity index (χ0) is 12.3. The minimum absolute atomic E-state index is 0.117. The Balaban J connectivity index is 2.90. The topological polar surface area (TPSA) is 21.3 Å². The lowest BCUT2D eigenvalue weighted by Gasteiger charge is -2.21. The van der Waals surface area contributed by atoms with Crippen molar-refractivity contribution in [3.63, 3.8) is 0 Å². The molecule has 0 heterocycles. The van der Waals surface area contributed by atoms with Crippen molar-refractivity contribution < 1.29 is 13.5 Å². The molecule has 0 unspecified atom stereocenters. The summed E-state index contributed by atoms with van der Waals surface area (Å²) in [4.78, 5) is 0. The van der Waals surface area contributed by atoms with Crippen LogP contribution in [0.4, 0.5) is 8.78 Å². The lowest BCUT2D eigenvalue weighted by Crippen LogP contribution is -2.35. The third-order valence-electron chi connectivity index (χ3n) is 2.14. The van der Waals surface area contributed by atoms with Crippen LogP contribution in [0.25, 0.3) is 0 Å². The molecule has 0 aliphatic carbocycles. The highest BCUT2D eigenvalue weighted by molar-refractivity contribution is 5.32. The molecule has 0 amide bonds. The Morgan fingerprint density at radius 1 is 1.25 bits per heavy atom. The molecule has 0 atom stereocenters. The molecule has 1 rings (SSSR count). The average molecular weight is 229 g/mol. The van der Waals surface area contributed by atoms with Gasteiger partial charge in [-0.25, -0.2) is 8.78 Å². The standard InChI is InChI=1S/C12H17F2NO/c1-12(2,3)15-7-8-5-6-9(13)11(16-4)10(8)14/h5-6,15H,7H2,1-4H3. The quantitative estimate of drug-likeness (QED) is 0.860. The first-order chi connectivity index (χ1) is 7.35. The molecule has 1 aromatic rings. The fourth-order valence-electron chi connectivity index (χ4n) is 1.26. The molecule has 90 valence electrons. The average Bonchev–Trinajstić information content (AvgIpc) is 2.16. The normalized spacial score (nSPS) is 11.6. The summed E-state index contributed by atoms with van der Waals surface area (Å²) in [5, 5.41) is 3.13. The highest BCUT2D eigenvalue weighted by atomic mass is 19.1. The van der Waals surface area contributed by atoms with Gasteiger partial charge in [-0.15, -0.1) is 0 Å². The largest absolute Gasteiger partial charge is 0.491 e. The second-order valence-corrected chi connectivity index (χ2v) is 4.66. The number of hydrogen-bond donors (Lipinski definition) is 1. The number of benzene rings is 1. The van der Waals surface area contributed by atoms with Gasteiger partial charge >= 0.3 is 0 Å². The van der Waals surface area contributed by atoms with E-state index in [-0.39, 0.29) is 11.3 Å². The molecule has 0 fully saturated rings. The van der Waals surface area contributed by atoms with E-state index in [9.17, 15) is 8.78 Å². The molecular weight excluding hydrogens is 212 g/mol. The van der Waals surface area contributed by atoms with E-state index in [4.69, 9.17) is 0 Å². The van der Waals surface area contributed by atoms with E-state index < -0.39 is 11.6 Å². The fourth-order valence-corrected chi connectivity index (χ4v) is 1.26. The third-order valence-corrected chi connectivity index (χ3v) is 2.14. The van der Waals surface area contributed by atoms with Crippen LogP contribution in [0.5, 0.6) is 5.75 Å². The molecule has 2 nitrogen and oxygen atoms in total. The third kappa shape index (κ3) is 3.17. The van der Waals surface area contributed by atoms with Gasteiger partial charge in [0.2, 0.25) is 0 Å². The van der Waals surface area contributed by atoms with E-state index in [1.165, 1.54) is 19.2 Å². The highest BCUT2D eigenvalue weighted by Crippen LogP contribution is 2.24. The molecular formula is C12H17F2NO. The summed E-state index contributed by atoms with van der Waals surface area (Å²) in [5.74, 6) is -1.65. The molecule has 0 aromatic heterocycles. The molecule has 0 spiro atoms. The first-order valence-corrected chi connectivity index (χ1v) is 5.11. The van der Waals surface area contributed by atoms with Crippen LogP contribution in [0, 0.1) is 11.6 Å². The van der Waals surface area contributed by atoms with Gasteiger partial charge in [-0.1, -0.05) is 6.07 Å². The Morgan fingerprint density at radius 3 is 2.38 bits per heavy atom. The minimum Gasteiger partial charge on any atom is -0.491 e. The molecule has 0 aliphatic rings. The molecule has 0 saturated heterocycles. The Labute approximate surface area is 94.6 Å². The summed E-state index contributed by atoms with van der Waals surface area (Å²) >= 11 is 0. The fraction of sp³-hybridized carbons (Fsp3) is 0.500. The number of rotatable bonds is 3. The number of ether oxygens (including phenoxy) is 1. The van der Waals surface area contributed by atoms with Gasteiger partial charge in [-0.2, -0.15) is 0 Å². The van der Waals surface area contributed by atoms with E-state index in [1.807, 2.05) is 20.8 Å². The van der Waals surface area contributed by atoms with Crippen molar-refractivity contribution >= 4 is 0 Å². The maximum atomic E-state index is 13.7. The number of halogens is 2. The first kappa shape index (κ1) is 12.9. The van der Waals surface area contributed by atoms with Crippen LogP contribution < -0.4 is 10.1 Å². The van der Waals surface area contributed by atoms with Crippen LogP contribution in [0.3, 0.4) is 0 Å². The first-order valence-electron chi connectivity index (χ1n) is 5.11. The van der Waals surface area contributed by atoms with Crippen molar-refractivity contribution in [3.05, 3.63) is 29.3 Å². The van der Waals surface area contributed by atoms with Crippen molar-refractivity contribution in [1.82, 2.24) is 5.32 Å². The molecule has 1 aromatic carbocycles. The lowest BCUT2D eigenvalue weighted by molar-refractivity contribution is 0.353. The van der Waals surface area contributed by atoms with E-state index in [0.717, 1.165) is 0 Å². The lowest BCUT2D eigenvalue weighted by atomic mass is 10.1. The van der Waals surface area contributed by atoms with Crippen molar-refractivity contribution in [2.45, 2.75) is 32.9 Å². The van der Waals surface area contributed by atoms with Gasteiger partial charge in [0, 0.05) is 17.6 Å². The summed E-state index contributed by atoms with van der Waals surface area (Å²) in [5.41, 5.74) is 0.279. The van der Waals surface area contributed by atoms with Gasteiger partial charge < -0.3 is 10.1 Å². The summed E-state index contributed by atoms with van der Waals surface area (Å²) in [7, 11) is 1.25. The van der Waals surface area contributed by atoms with Crippen molar-refractivity contribution in [1.29, 1.82) is 0 Å². The molecule has 0 bridgehead atoms. The highest BCUT2D eigenvalue weighted by Gasteiger charge is 2.16. The van der Waals surface area contributed by atoms with Crippen LogP contribution in [-0.4, -0.2) is 12.6 Å². The monoisotopic (exact) mass is 229 g/mol. The minimum atomic E-state index is -0.681. The maximum Gasteiger partial charge on any atom is 0.190 e. The Morgan fingerprint density at radius 2 is 1.88 bits per heavy atom. The predicted octanol–water partition coefficient (Wildman–Crippen LogP) is 2.86. The Bertz CT molecular complexity index is 372.